The molecule has 0 atom stereocenters. The van der Waals surface area contributed by atoms with Crippen molar-refractivity contribution in [2.45, 2.75) is 46.4 Å². The predicted molar refractivity (Wildman–Crippen MR) is 118 cm³/mol. The molecule has 0 radical (unpaired) electrons. The summed E-state index contributed by atoms with van der Waals surface area (Å²) in [5, 5.41) is 4.44. The highest BCUT2D eigenvalue weighted by Gasteiger charge is 2.37. The van der Waals surface area contributed by atoms with Gasteiger partial charge in [-0.3, -0.25) is 9.97 Å². The van der Waals surface area contributed by atoms with Gasteiger partial charge in [0.2, 0.25) is 0 Å². The first-order valence-electron chi connectivity index (χ1n) is 10.9. The van der Waals surface area contributed by atoms with Gasteiger partial charge in [-0.05, 0) is 45.6 Å². The van der Waals surface area contributed by atoms with Crippen molar-refractivity contribution in [3.05, 3.63) is 71.7 Å². The normalized spacial score (nSPS) is 16.6. The van der Waals surface area contributed by atoms with Crippen molar-refractivity contribution in [1.29, 1.82) is 0 Å². The Bertz CT molecular complexity index is 1330. The van der Waals surface area contributed by atoms with Gasteiger partial charge in [0, 0.05) is 31.0 Å². The third-order valence-electron chi connectivity index (χ3n) is 5.65. The highest BCUT2D eigenvalue weighted by Crippen LogP contribution is 2.49. The highest BCUT2D eigenvalue weighted by molar-refractivity contribution is 6.05. The molecule has 0 unspecified atom stereocenters. The van der Waals surface area contributed by atoms with Crippen LogP contribution >= 0.6 is 0 Å². The van der Waals surface area contributed by atoms with E-state index >= 15 is 0 Å². The Morgan fingerprint density at radius 1 is 1.00 bits per heavy atom. The molecule has 4 aromatic rings. The van der Waals surface area contributed by atoms with Crippen LogP contribution in [0.25, 0.3) is 32.8 Å². The standard InChI is InChI=1S/C26H26N2/c1-25(2,3)15-18-14-17-12-13-27-23-20-11-10-16-8-6-7-9-19(16)22(20)26(4,5)24(28-18)21(17)23/h6-14H,15H2,1-5H3/i15D2. The lowest BCUT2D eigenvalue weighted by molar-refractivity contribution is 0.405. The van der Waals surface area contributed by atoms with Crippen LogP contribution in [-0.4, -0.2) is 9.97 Å². The molecule has 140 valence electrons. The molecule has 2 nitrogen and oxygen atoms in total. The Morgan fingerprint density at radius 3 is 2.57 bits per heavy atom. The van der Waals surface area contributed by atoms with E-state index in [0.717, 1.165) is 27.7 Å². The Hall–Kier alpha value is -2.74. The smallest absolute Gasteiger partial charge is 0.0802 e. The van der Waals surface area contributed by atoms with Gasteiger partial charge in [-0.2, -0.15) is 0 Å². The van der Waals surface area contributed by atoms with Crippen LogP contribution in [0, 0.1) is 5.41 Å². The van der Waals surface area contributed by atoms with E-state index in [9.17, 15) is 0 Å². The van der Waals surface area contributed by atoms with Crippen molar-refractivity contribution >= 4 is 21.5 Å². The monoisotopic (exact) mass is 368 g/mol. The summed E-state index contributed by atoms with van der Waals surface area (Å²) in [6.45, 7) is 10.2. The lowest BCUT2D eigenvalue weighted by atomic mass is 9.70. The largest absolute Gasteiger partial charge is 0.256 e. The summed E-state index contributed by atoms with van der Waals surface area (Å²) in [5.74, 6) is 0. The summed E-state index contributed by atoms with van der Waals surface area (Å²) in [6, 6.07) is 16.7. The summed E-state index contributed by atoms with van der Waals surface area (Å²) < 4.78 is 17.7. The van der Waals surface area contributed by atoms with E-state index < -0.39 is 11.8 Å². The van der Waals surface area contributed by atoms with Gasteiger partial charge in [-0.1, -0.05) is 71.0 Å². The quantitative estimate of drug-likeness (QED) is 0.374. The molecular weight excluding hydrogens is 340 g/mol. The fourth-order valence-corrected chi connectivity index (χ4v) is 4.57. The molecule has 0 saturated heterocycles. The number of aromatic nitrogens is 2. The van der Waals surface area contributed by atoms with E-state index in [1.54, 1.807) is 0 Å². The van der Waals surface area contributed by atoms with Gasteiger partial charge in [0.15, 0.2) is 0 Å². The van der Waals surface area contributed by atoms with Crippen LogP contribution in [0.3, 0.4) is 0 Å². The van der Waals surface area contributed by atoms with Gasteiger partial charge in [-0.25, -0.2) is 0 Å². The van der Waals surface area contributed by atoms with Crippen molar-refractivity contribution in [2.24, 2.45) is 5.41 Å². The number of nitrogens with zero attached hydrogens (tertiary/aromatic N) is 2. The molecule has 0 amide bonds. The fourth-order valence-electron chi connectivity index (χ4n) is 4.57. The van der Waals surface area contributed by atoms with E-state index in [1.807, 2.05) is 39.1 Å². The molecule has 1 aliphatic rings. The molecule has 5 rings (SSSR count). The lowest BCUT2D eigenvalue weighted by Crippen LogP contribution is -2.27. The predicted octanol–water partition coefficient (Wildman–Crippen LogP) is 6.68. The summed E-state index contributed by atoms with van der Waals surface area (Å²) >= 11 is 0. The van der Waals surface area contributed by atoms with Crippen LogP contribution in [-0.2, 0) is 11.8 Å². The topological polar surface area (TPSA) is 25.8 Å². The molecule has 0 saturated carbocycles. The summed E-state index contributed by atoms with van der Waals surface area (Å²) in [4.78, 5) is 9.77. The van der Waals surface area contributed by atoms with Gasteiger partial charge in [0.1, 0.15) is 0 Å². The van der Waals surface area contributed by atoms with Gasteiger partial charge in [-0.15, -0.1) is 0 Å². The maximum Gasteiger partial charge on any atom is 0.0802 e. The average molecular weight is 369 g/mol. The van der Waals surface area contributed by atoms with Crippen molar-refractivity contribution in [2.75, 3.05) is 0 Å². The number of hydrogen-bond acceptors (Lipinski definition) is 2. The minimum Gasteiger partial charge on any atom is -0.256 e. The third-order valence-corrected chi connectivity index (χ3v) is 5.65. The number of pyridine rings is 2. The Labute approximate surface area is 169 Å². The first-order valence-corrected chi connectivity index (χ1v) is 9.87. The third kappa shape index (κ3) is 2.47. The average Bonchev–Trinajstić information content (AvgIpc) is 2.70. The zero-order valence-electron chi connectivity index (χ0n) is 19.1. The highest BCUT2D eigenvalue weighted by atomic mass is 14.8. The molecule has 2 heteroatoms. The van der Waals surface area contributed by atoms with Crippen LogP contribution in [0.2, 0.25) is 0 Å². The van der Waals surface area contributed by atoms with Crippen LogP contribution in [0.4, 0.5) is 0 Å². The molecule has 0 spiro atoms. The minimum atomic E-state index is -1.56. The molecule has 0 N–H and O–H groups in total. The maximum absolute atomic E-state index is 8.83. The molecular formula is C26H26N2. The molecule has 0 aliphatic heterocycles. The van der Waals surface area contributed by atoms with Gasteiger partial charge >= 0.3 is 0 Å². The van der Waals surface area contributed by atoms with Crippen LogP contribution in [0.1, 0.15) is 54.3 Å². The second-order valence-corrected chi connectivity index (χ2v) is 9.32. The molecule has 2 aromatic heterocycles. The Balaban J connectivity index is 1.93. The van der Waals surface area contributed by atoms with E-state index in [0.29, 0.717) is 5.69 Å². The fraction of sp³-hybridized carbons (Fsp3) is 0.308. The number of fused-ring (bicyclic) bond motifs is 4. The van der Waals surface area contributed by atoms with E-state index in [-0.39, 0.29) is 5.41 Å². The first-order chi connectivity index (χ1) is 14.0. The molecule has 0 fully saturated rings. The zero-order valence-corrected chi connectivity index (χ0v) is 17.1. The minimum absolute atomic E-state index is 0.381. The van der Waals surface area contributed by atoms with Gasteiger partial charge in [0.25, 0.3) is 0 Å². The summed E-state index contributed by atoms with van der Waals surface area (Å²) in [7, 11) is 0. The molecule has 2 aromatic carbocycles. The van der Waals surface area contributed by atoms with E-state index in [4.69, 9.17) is 12.7 Å². The number of benzene rings is 2. The van der Waals surface area contributed by atoms with Crippen LogP contribution in [0.5, 0.6) is 0 Å². The SMILES string of the molecule is [2H]C([2H])(c1cc2ccnc3c2c(n1)C(C)(C)c1c-3ccc2ccccc12)C(C)(C)C. The van der Waals surface area contributed by atoms with Crippen molar-refractivity contribution in [1.82, 2.24) is 9.97 Å². The lowest BCUT2D eigenvalue weighted by Gasteiger charge is -2.35. The molecule has 1 aliphatic carbocycles. The Kier molecular flexibility index (Phi) is 3.06. The maximum atomic E-state index is 8.83. The molecule has 28 heavy (non-hydrogen) atoms. The number of hydrogen-bond donors (Lipinski definition) is 0. The molecule has 2 heterocycles. The summed E-state index contributed by atoms with van der Waals surface area (Å²) in [5.41, 5.74) is 3.76. The first kappa shape index (κ1) is 15.2. The zero-order chi connectivity index (χ0) is 21.5. The van der Waals surface area contributed by atoms with E-state index in [1.165, 1.54) is 16.3 Å². The van der Waals surface area contributed by atoms with Crippen molar-refractivity contribution in [3.63, 3.8) is 0 Å². The van der Waals surface area contributed by atoms with Gasteiger partial charge in [0.05, 0.1) is 11.4 Å². The molecule has 0 bridgehead atoms. The van der Waals surface area contributed by atoms with Gasteiger partial charge < -0.3 is 0 Å². The van der Waals surface area contributed by atoms with Crippen LogP contribution < -0.4 is 0 Å². The van der Waals surface area contributed by atoms with Crippen LogP contribution in [0.15, 0.2) is 54.7 Å². The van der Waals surface area contributed by atoms with E-state index in [2.05, 4.69) is 50.2 Å². The second kappa shape index (κ2) is 5.64. The van der Waals surface area contributed by atoms with Crippen molar-refractivity contribution in [3.8, 4) is 11.3 Å². The Morgan fingerprint density at radius 2 is 1.79 bits per heavy atom. The summed E-state index contributed by atoms with van der Waals surface area (Å²) in [6.07, 6.45) is 0.269. The van der Waals surface area contributed by atoms with Crippen molar-refractivity contribution < 1.29 is 2.74 Å². The number of rotatable bonds is 1. The second-order valence-electron chi connectivity index (χ2n) is 9.32.